The Bertz CT molecular complexity index is 751. The van der Waals surface area contributed by atoms with Crippen LogP contribution in [0.25, 0.3) is 0 Å². The van der Waals surface area contributed by atoms with Crippen molar-refractivity contribution in [1.29, 1.82) is 5.26 Å². The van der Waals surface area contributed by atoms with Crippen LogP contribution in [0.15, 0.2) is 33.9 Å². The van der Waals surface area contributed by atoms with E-state index in [1.807, 2.05) is 12.1 Å². The largest absolute Gasteiger partial charge is 0.416 e. The average Bonchev–Trinajstić information content (AvgIpc) is 3.04. The average molecular weight is 342 g/mol. The second-order valence-electron chi connectivity index (χ2n) is 5.61. The maximum Gasteiger partial charge on any atom is 0.277 e. The normalized spacial score (nSPS) is 17.8. The first kappa shape index (κ1) is 16.5. The van der Waals surface area contributed by atoms with Gasteiger partial charge in [0.1, 0.15) is 0 Å². The molecule has 24 heavy (non-hydrogen) atoms. The Morgan fingerprint density at radius 3 is 2.88 bits per heavy atom. The molecule has 3 rings (SSSR count). The van der Waals surface area contributed by atoms with Crippen LogP contribution in [0.4, 0.5) is 5.69 Å². The highest BCUT2D eigenvalue weighted by Crippen LogP contribution is 2.32. The van der Waals surface area contributed by atoms with Crippen molar-refractivity contribution in [3.05, 3.63) is 35.7 Å². The number of nitrogens with zero attached hydrogens (tertiary/aromatic N) is 4. The van der Waals surface area contributed by atoms with E-state index in [0.29, 0.717) is 23.2 Å². The number of benzene rings is 1. The molecule has 1 aromatic carbocycles. The molecule has 2 heterocycles. The number of carbonyl (C=O) groups is 1. The molecule has 124 valence electrons. The number of carbonyl (C=O) groups excluding carboxylic acids is 1. The maximum atomic E-state index is 12.8. The van der Waals surface area contributed by atoms with Crippen molar-refractivity contribution in [3.63, 3.8) is 0 Å². The molecule has 0 N–H and O–H groups in total. The fourth-order valence-electron chi connectivity index (χ4n) is 2.65. The molecular formula is C17H18N4O2S. The Morgan fingerprint density at radius 2 is 2.17 bits per heavy atom. The van der Waals surface area contributed by atoms with E-state index in [1.54, 1.807) is 17.0 Å². The minimum Gasteiger partial charge on any atom is -0.416 e. The summed E-state index contributed by atoms with van der Waals surface area (Å²) >= 11 is 1.34. The summed E-state index contributed by atoms with van der Waals surface area (Å²) in [5, 5.41) is 17.1. The second-order valence-corrected chi connectivity index (χ2v) is 6.76. The zero-order valence-corrected chi connectivity index (χ0v) is 14.3. The first-order valence-corrected chi connectivity index (χ1v) is 8.90. The lowest BCUT2D eigenvalue weighted by Gasteiger charge is -2.31. The molecule has 1 aliphatic heterocycles. The fraction of sp³-hybridized carbons (Fsp3) is 0.412. The van der Waals surface area contributed by atoms with Crippen molar-refractivity contribution in [2.75, 3.05) is 11.4 Å². The third kappa shape index (κ3) is 3.60. The monoisotopic (exact) mass is 342 g/mol. The summed E-state index contributed by atoms with van der Waals surface area (Å²) in [6.45, 7) is 2.74. The van der Waals surface area contributed by atoms with Gasteiger partial charge in [0.15, 0.2) is 0 Å². The van der Waals surface area contributed by atoms with Gasteiger partial charge in [0.05, 0.1) is 16.9 Å². The summed E-state index contributed by atoms with van der Waals surface area (Å²) in [5.74, 6) is 0.665. The summed E-state index contributed by atoms with van der Waals surface area (Å²) in [7, 11) is 0. The minimum absolute atomic E-state index is 0.0474. The van der Waals surface area contributed by atoms with Gasteiger partial charge in [0, 0.05) is 18.7 Å². The van der Waals surface area contributed by atoms with Crippen molar-refractivity contribution in [2.45, 2.75) is 43.1 Å². The van der Waals surface area contributed by atoms with Crippen LogP contribution in [-0.2, 0) is 11.2 Å². The Morgan fingerprint density at radius 1 is 1.38 bits per heavy atom. The molecule has 1 amide bonds. The predicted octanol–water partition coefficient (Wildman–Crippen LogP) is 3.18. The van der Waals surface area contributed by atoms with E-state index >= 15 is 0 Å². The van der Waals surface area contributed by atoms with E-state index in [4.69, 9.17) is 9.68 Å². The molecule has 1 saturated heterocycles. The number of amides is 1. The van der Waals surface area contributed by atoms with Crippen LogP contribution < -0.4 is 4.90 Å². The van der Waals surface area contributed by atoms with Crippen molar-refractivity contribution >= 4 is 23.4 Å². The molecule has 1 aromatic heterocycles. The number of hydrogen-bond donors (Lipinski definition) is 0. The highest BCUT2D eigenvalue weighted by Gasteiger charge is 2.31. The Hall–Kier alpha value is -2.33. The van der Waals surface area contributed by atoms with Crippen molar-refractivity contribution < 1.29 is 9.21 Å². The number of piperidine rings is 1. The Kier molecular flexibility index (Phi) is 5.16. The maximum absolute atomic E-state index is 12.8. The lowest BCUT2D eigenvalue weighted by Crippen LogP contribution is -2.42. The van der Waals surface area contributed by atoms with Gasteiger partial charge in [-0.25, -0.2) is 0 Å². The van der Waals surface area contributed by atoms with Gasteiger partial charge in [-0.05, 0) is 43.5 Å². The summed E-state index contributed by atoms with van der Waals surface area (Å²) in [5.41, 5.74) is 1.41. The van der Waals surface area contributed by atoms with Crippen LogP contribution in [0.1, 0.15) is 37.6 Å². The fourth-order valence-corrected chi connectivity index (χ4v) is 3.63. The summed E-state index contributed by atoms with van der Waals surface area (Å²) in [6, 6.07) is 9.18. The molecule has 1 aliphatic rings. The molecule has 0 unspecified atom stereocenters. The smallest absolute Gasteiger partial charge is 0.277 e. The summed E-state index contributed by atoms with van der Waals surface area (Å²) in [4.78, 5) is 14.5. The number of aromatic nitrogens is 2. The quantitative estimate of drug-likeness (QED) is 0.830. The first-order valence-electron chi connectivity index (χ1n) is 8.02. The molecule has 1 fully saturated rings. The van der Waals surface area contributed by atoms with Crippen LogP contribution in [0.2, 0.25) is 0 Å². The van der Waals surface area contributed by atoms with Crippen LogP contribution in [-0.4, -0.2) is 27.9 Å². The zero-order valence-electron chi connectivity index (χ0n) is 13.4. The topological polar surface area (TPSA) is 83.0 Å². The SMILES string of the molecule is CCCc1nnc(S[C@H]2CCCN(c3ccc(C#N)cc3)C2=O)o1. The van der Waals surface area contributed by atoms with Gasteiger partial charge < -0.3 is 9.32 Å². The van der Waals surface area contributed by atoms with Crippen LogP contribution >= 0.6 is 11.8 Å². The highest BCUT2D eigenvalue weighted by molar-refractivity contribution is 8.00. The van der Waals surface area contributed by atoms with Gasteiger partial charge in [-0.3, -0.25) is 4.79 Å². The zero-order chi connectivity index (χ0) is 16.9. The summed E-state index contributed by atoms with van der Waals surface area (Å²) < 4.78 is 5.58. The molecule has 7 heteroatoms. The number of rotatable bonds is 5. The van der Waals surface area contributed by atoms with Crippen LogP contribution in [0.3, 0.4) is 0 Å². The molecule has 6 nitrogen and oxygen atoms in total. The van der Waals surface area contributed by atoms with E-state index in [1.165, 1.54) is 11.8 Å². The van der Waals surface area contributed by atoms with Crippen molar-refractivity contribution in [3.8, 4) is 6.07 Å². The molecule has 0 aliphatic carbocycles. The van der Waals surface area contributed by atoms with Gasteiger partial charge in [-0.15, -0.1) is 10.2 Å². The lowest BCUT2D eigenvalue weighted by molar-refractivity contribution is -0.119. The third-order valence-corrected chi connectivity index (χ3v) is 4.94. The third-order valence-electron chi connectivity index (χ3n) is 3.85. The van der Waals surface area contributed by atoms with Crippen molar-refractivity contribution in [2.24, 2.45) is 0 Å². The molecule has 0 saturated carbocycles. The molecule has 0 radical (unpaired) electrons. The summed E-state index contributed by atoms with van der Waals surface area (Å²) in [6.07, 6.45) is 3.41. The van der Waals surface area contributed by atoms with Crippen LogP contribution in [0, 0.1) is 11.3 Å². The van der Waals surface area contributed by atoms with Gasteiger partial charge in [-0.1, -0.05) is 18.7 Å². The molecule has 1 atom stereocenters. The van der Waals surface area contributed by atoms with E-state index in [-0.39, 0.29) is 11.2 Å². The standard InChI is InChI=1S/C17H18N4O2S/c1-2-4-15-19-20-17(23-15)24-14-5-3-10-21(16(14)22)13-8-6-12(11-18)7-9-13/h6-9,14H,2-5,10H2,1H3/t14-/m0/s1. The first-order chi connectivity index (χ1) is 11.7. The van der Waals surface area contributed by atoms with E-state index in [0.717, 1.165) is 31.4 Å². The van der Waals surface area contributed by atoms with Crippen LogP contribution in [0.5, 0.6) is 0 Å². The Balaban J connectivity index is 1.70. The molecule has 0 bridgehead atoms. The predicted molar refractivity (Wildman–Crippen MR) is 90.7 cm³/mol. The van der Waals surface area contributed by atoms with Gasteiger partial charge in [0.25, 0.3) is 5.22 Å². The number of aryl methyl sites for hydroxylation is 1. The van der Waals surface area contributed by atoms with E-state index in [9.17, 15) is 4.79 Å². The molecule has 2 aromatic rings. The number of nitriles is 1. The minimum atomic E-state index is -0.218. The van der Waals surface area contributed by atoms with Crippen molar-refractivity contribution in [1.82, 2.24) is 10.2 Å². The van der Waals surface area contributed by atoms with Gasteiger partial charge in [0.2, 0.25) is 11.8 Å². The molecular weight excluding hydrogens is 324 g/mol. The lowest BCUT2D eigenvalue weighted by atomic mass is 10.1. The Labute approximate surface area is 144 Å². The van der Waals surface area contributed by atoms with E-state index < -0.39 is 0 Å². The highest BCUT2D eigenvalue weighted by atomic mass is 32.2. The van der Waals surface area contributed by atoms with Gasteiger partial charge >= 0.3 is 0 Å². The second kappa shape index (κ2) is 7.49. The molecule has 0 spiro atoms. The number of hydrogen-bond acceptors (Lipinski definition) is 6. The van der Waals surface area contributed by atoms with E-state index in [2.05, 4.69) is 23.2 Å². The number of anilines is 1. The van der Waals surface area contributed by atoms with Gasteiger partial charge in [-0.2, -0.15) is 5.26 Å². The number of thioether (sulfide) groups is 1.